The van der Waals surface area contributed by atoms with Crippen LogP contribution < -0.4 is 5.32 Å². The minimum atomic E-state index is -0.602. The van der Waals surface area contributed by atoms with Crippen molar-refractivity contribution in [3.63, 3.8) is 0 Å². The lowest BCUT2D eigenvalue weighted by atomic mass is 9.90. The first-order valence-corrected chi connectivity index (χ1v) is 6.37. The molecule has 5 nitrogen and oxygen atoms in total. The van der Waals surface area contributed by atoms with E-state index >= 15 is 0 Å². The molecule has 6 heteroatoms. The Balaban J connectivity index is 2.84. The SMILES string of the molecule is CCC(C)(C)CNC(=O)c1ccc(Cl)c([N+](=O)[O-])c1. The van der Waals surface area contributed by atoms with Crippen LogP contribution in [0.15, 0.2) is 18.2 Å². The van der Waals surface area contributed by atoms with E-state index in [0.29, 0.717) is 6.54 Å². The number of hydrogen-bond acceptors (Lipinski definition) is 3. The van der Waals surface area contributed by atoms with Crippen LogP contribution in [0.3, 0.4) is 0 Å². The van der Waals surface area contributed by atoms with Crippen LogP contribution in [-0.4, -0.2) is 17.4 Å². The van der Waals surface area contributed by atoms with E-state index in [0.717, 1.165) is 6.42 Å². The molecule has 104 valence electrons. The molecule has 0 fully saturated rings. The Morgan fingerprint density at radius 1 is 1.47 bits per heavy atom. The molecular weight excluding hydrogens is 268 g/mol. The third kappa shape index (κ3) is 4.21. The van der Waals surface area contributed by atoms with E-state index in [1.165, 1.54) is 18.2 Å². The molecule has 1 aromatic carbocycles. The van der Waals surface area contributed by atoms with Crippen LogP contribution in [0.4, 0.5) is 5.69 Å². The molecule has 19 heavy (non-hydrogen) atoms. The van der Waals surface area contributed by atoms with E-state index in [1.54, 1.807) is 0 Å². The van der Waals surface area contributed by atoms with Gasteiger partial charge in [0.1, 0.15) is 5.02 Å². The molecule has 0 saturated carbocycles. The molecule has 0 aliphatic heterocycles. The Kier molecular flexibility index (Phi) is 4.89. The summed E-state index contributed by atoms with van der Waals surface area (Å²) in [5.74, 6) is -0.332. The van der Waals surface area contributed by atoms with Gasteiger partial charge in [-0.15, -0.1) is 0 Å². The first-order valence-electron chi connectivity index (χ1n) is 5.99. The molecule has 0 radical (unpaired) electrons. The maximum absolute atomic E-state index is 11.9. The van der Waals surface area contributed by atoms with E-state index < -0.39 is 4.92 Å². The zero-order valence-electron chi connectivity index (χ0n) is 11.2. The standard InChI is InChI=1S/C13H17ClN2O3/c1-4-13(2,3)8-15-12(17)9-5-6-10(14)11(7-9)16(18)19/h5-7H,4,8H2,1-3H3,(H,15,17). The molecule has 1 N–H and O–H groups in total. The molecule has 0 bridgehead atoms. The number of hydrogen-bond donors (Lipinski definition) is 1. The molecule has 0 atom stereocenters. The third-order valence-corrected chi connectivity index (χ3v) is 3.41. The number of nitrogens with zero attached hydrogens (tertiary/aromatic N) is 1. The highest BCUT2D eigenvalue weighted by molar-refractivity contribution is 6.32. The summed E-state index contributed by atoms with van der Waals surface area (Å²) >= 11 is 5.69. The fraction of sp³-hybridized carbons (Fsp3) is 0.462. The second kappa shape index (κ2) is 6.02. The van der Waals surface area contributed by atoms with Gasteiger partial charge in [-0.05, 0) is 24.0 Å². The summed E-state index contributed by atoms with van der Waals surface area (Å²) in [5.41, 5.74) is -0.0272. The number of amides is 1. The maximum atomic E-state index is 11.9. The number of halogens is 1. The summed E-state index contributed by atoms with van der Waals surface area (Å²) in [6, 6.07) is 4.03. The van der Waals surface area contributed by atoms with Crippen LogP contribution in [-0.2, 0) is 0 Å². The number of benzene rings is 1. The van der Waals surface area contributed by atoms with Crippen molar-refractivity contribution in [2.24, 2.45) is 5.41 Å². The second-order valence-electron chi connectivity index (χ2n) is 5.12. The fourth-order valence-corrected chi connectivity index (χ4v) is 1.53. The van der Waals surface area contributed by atoms with Crippen molar-refractivity contribution in [3.05, 3.63) is 38.9 Å². The van der Waals surface area contributed by atoms with Crippen molar-refractivity contribution in [2.45, 2.75) is 27.2 Å². The zero-order chi connectivity index (χ0) is 14.6. The Bertz CT molecular complexity index is 501. The monoisotopic (exact) mass is 284 g/mol. The van der Waals surface area contributed by atoms with Gasteiger partial charge in [0.25, 0.3) is 11.6 Å². The maximum Gasteiger partial charge on any atom is 0.288 e. The van der Waals surface area contributed by atoms with Gasteiger partial charge in [0.05, 0.1) is 4.92 Å². The molecule has 1 rings (SSSR count). The minimum absolute atomic E-state index is 0.00593. The molecule has 1 aromatic rings. The van der Waals surface area contributed by atoms with Gasteiger partial charge >= 0.3 is 0 Å². The first kappa shape index (κ1) is 15.4. The molecule has 0 aromatic heterocycles. The lowest BCUT2D eigenvalue weighted by molar-refractivity contribution is -0.384. The van der Waals surface area contributed by atoms with E-state index in [-0.39, 0.29) is 27.6 Å². The second-order valence-corrected chi connectivity index (χ2v) is 5.53. The zero-order valence-corrected chi connectivity index (χ0v) is 12.0. The van der Waals surface area contributed by atoms with E-state index in [4.69, 9.17) is 11.6 Å². The minimum Gasteiger partial charge on any atom is -0.351 e. The highest BCUT2D eigenvalue weighted by atomic mass is 35.5. The first-order chi connectivity index (χ1) is 8.76. The number of nitrogens with one attached hydrogen (secondary N) is 1. The third-order valence-electron chi connectivity index (χ3n) is 3.09. The Morgan fingerprint density at radius 3 is 2.63 bits per heavy atom. The molecule has 0 heterocycles. The van der Waals surface area contributed by atoms with Crippen molar-refractivity contribution in [1.82, 2.24) is 5.32 Å². The predicted molar refractivity (Wildman–Crippen MR) is 74.5 cm³/mol. The summed E-state index contributed by atoms with van der Waals surface area (Å²) < 4.78 is 0. The van der Waals surface area contributed by atoms with E-state index in [9.17, 15) is 14.9 Å². The van der Waals surface area contributed by atoms with Gasteiger partial charge < -0.3 is 5.32 Å². The largest absolute Gasteiger partial charge is 0.351 e. The van der Waals surface area contributed by atoms with Crippen LogP contribution in [0.1, 0.15) is 37.6 Å². The number of carbonyl (C=O) groups excluding carboxylic acids is 1. The molecule has 1 amide bonds. The average molecular weight is 285 g/mol. The summed E-state index contributed by atoms with van der Waals surface area (Å²) in [6.45, 7) is 6.63. The Labute approximate surface area is 117 Å². The number of nitro benzene ring substituents is 1. The highest BCUT2D eigenvalue weighted by Gasteiger charge is 2.19. The summed E-state index contributed by atoms with van der Waals surface area (Å²) in [6.07, 6.45) is 0.925. The number of nitro groups is 1. The molecule has 0 aliphatic carbocycles. The molecule has 0 spiro atoms. The van der Waals surface area contributed by atoms with Crippen LogP contribution in [0.5, 0.6) is 0 Å². The normalized spacial score (nSPS) is 11.2. The fourth-order valence-electron chi connectivity index (χ4n) is 1.34. The van der Waals surface area contributed by atoms with Crippen molar-refractivity contribution in [1.29, 1.82) is 0 Å². The van der Waals surface area contributed by atoms with Crippen LogP contribution >= 0.6 is 11.6 Å². The van der Waals surface area contributed by atoms with Crippen molar-refractivity contribution in [2.75, 3.05) is 6.54 Å². The smallest absolute Gasteiger partial charge is 0.288 e. The van der Waals surface area contributed by atoms with Gasteiger partial charge in [0, 0.05) is 18.2 Å². The van der Waals surface area contributed by atoms with E-state index in [1.807, 2.05) is 20.8 Å². The van der Waals surface area contributed by atoms with Gasteiger partial charge in [-0.3, -0.25) is 14.9 Å². The quantitative estimate of drug-likeness (QED) is 0.665. The predicted octanol–water partition coefficient (Wildman–Crippen LogP) is 3.41. The van der Waals surface area contributed by atoms with Gasteiger partial charge in [0.15, 0.2) is 0 Å². The van der Waals surface area contributed by atoms with Crippen LogP contribution in [0.2, 0.25) is 5.02 Å². The Morgan fingerprint density at radius 2 is 2.11 bits per heavy atom. The molecular formula is C13H17ClN2O3. The lowest BCUT2D eigenvalue weighted by Gasteiger charge is -2.22. The number of rotatable bonds is 5. The topological polar surface area (TPSA) is 72.2 Å². The van der Waals surface area contributed by atoms with Gasteiger partial charge in [-0.2, -0.15) is 0 Å². The Hall–Kier alpha value is -1.62. The van der Waals surface area contributed by atoms with Crippen molar-refractivity contribution >= 4 is 23.2 Å². The molecule has 0 saturated heterocycles. The van der Waals surface area contributed by atoms with Gasteiger partial charge in [0.2, 0.25) is 0 Å². The summed E-state index contributed by atoms with van der Waals surface area (Å²) in [7, 11) is 0. The number of carbonyl (C=O) groups is 1. The lowest BCUT2D eigenvalue weighted by Crippen LogP contribution is -2.33. The van der Waals surface area contributed by atoms with Crippen LogP contribution in [0.25, 0.3) is 0 Å². The van der Waals surface area contributed by atoms with Gasteiger partial charge in [-0.1, -0.05) is 32.4 Å². The molecule has 0 aliphatic rings. The average Bonchev–Trinajstić information content (AvgIpc) is 2.36. The van der Waals surface area contributed by atoms with Crippen molar-refractivity contribution < 1.29 is 9.72 Å². The highest BCUT2D eigenvalue weighted by Crippen LogP contribution is 2.25. The summed E-state index contributed by atoms with van der Waals surface area (Å²) in [4.78, 5) is 22.1. The van der Waals surface area contributed by atoms with Crippen molar-refractivity contribution in [3.8, 4) is 0 Å². The van der Waals surface area contributed by atoms with E-state index in [2.05, 4.69) is 5.32 Å². The van der Waals surface area contributed by atoms with Crippen LogP contribution in [0, 0.1) is 15.5 Å². The molecule has 0 unspecified atom stereocenters. The summed E-state index contributed by atoms with van der Waals surface area (Å²) in [5, 5.41) is 13.5. The van der Waals surface area contributed by atoms with Gasteiger partial charge in [-0.25, -0.2) is 0 Å².